The smallest absolute Gasteiger partial charge is 0.306 e. The van der Waals surface area contributed by atoms with Gasteiger partial charge in [-0.15, -0.1) is 0 Å². The number of esters is 2. The summed E-state index contributed by atoms with van der Waals surface area (Å²) in [6, 6.07) is 0. The fraction of sp³-hybridized carbons (Fsp3) is 0.958. The third-order valence-electron chi connectivity index (χ3n) is 11.9. The summed E-state index contributed by atoms with van der Waals surface area (Å²) in [6.45, 7) is 16.8. The van der Waals surface area contributed by atoms with Crippen LogP contribution in [0.15, 0.2) is 0 Å². The molecule has 0 unspecified atom stereocenters. The van der Waals surface area contributed by atoms with Crippen LogP contribution in [-0.4, -0.2) is 98.8 Å². The number of piperazine rings is 1. The van der Waals surface area contributed by atoms with Crippen LogP contribution in [-0.2, 0) is 19.1 Å². The van der Waals surface area contributed by atoms with Gasteiger partial charge in [-0.05, 0) is 77.9 Å². The monoisotopic (exact) mass is 778 g/mol. The fourth-order valence-electron chi connectivity index (χ4n) is 7.91. The Labute approximate surface area is 343 Å². The predicted octanol–water partition coefficient (Wildman–Crippen LogP) is 12.5. The first-order valence-electron chi connectivity index (χ1n) is 24.5. The number of rotatable bonds is 41. The summed E-state index contributed by atoms with van der Waals surface area (Å²) >= 11 is 0. The molecule has 0 bridgehead atoms. The molecule has 0 saturated carbocycles. The zero-order valence-corrected chi connectivity index (χ0v) is 37.5. The maximum atomic E-state index is 12.8. The molecule has 326 valence electrons. The minimum atomic E-state index is -0.00480. The molecule has 0 aromatic heterocycles. The molecule has 1 fully saturated rings. The molecule has 0 aliphatic carbocycles. The molecule has 7 nitrogen and oxygen atoms in total. The highest BCUT2D eigenvalue weighted by Gasteiger charge is 2.16. The Morgan fingerprint density at radius 1 is 0.491 bits per heavy atom. The molecule has 1 heterocycles. The van der Waals surface area contributed by atoms with Gasteiger partial charge in [-0.2, -0.15) is 0 Å². The molecule has 1 saturated heterocycles. The highest BCUT2D eigenvalue weighted by atomic mass is 16.5. The molecule has 0 atom stereocenters. The molecule has 0 spiro atoms. The van der Waals surface area contributed by atoms with Crippen molar-refractivity contribution < 1.29 is 19.1 Å². The lowest BCUT2D eigenvalue weighted by atomic mass is 10.0. The van der Waals surface area contributed by atoms with Crippen LogP contribution in [0.25, 0.3) is 0 Å². The molecule has 55 heavy (non-hydrogen) atoms. The van der Waals surface area contributed by atoms with Crippen molar-refractivity contribution in [2.24, 2.45) is 0 Å². The Morgan fingerprint density at radius 2 is 0.909 bits per heavy atom. The normalized spacial score (nSPS) is 14.0. The van der Waals surface area contributed by atoms with Crippen LogP contribution in [0, 0.1) is 0 Å². The van der Waals surface area contributed by atoms with E-state index in [1.807, 2.05) is 0 Å². The first-order chi connectivity index (χ1) is 27.0. The Bertz CT molecular complexity index is 818. The standard InChI is InChI=1S/C48H95N3O4/c1-5-8-11-14-19-26-33-46(34-27-20-15-12-9-6-2)55-48(53)36-29-22-18-24-31-38-50(43-44-51-41-39-49(4)40-42-51)37-30-23-17-21-28-35-47(52)54-45-32-25-16-13-10-7-3/h46H,5-45H2,1-4H3. The number of hydrogen-bond donors (Lipinski definition) is 0. The van der Waals surface area contributed by atoms with E-state index in [0.717, 1.165) is 44.9 Å². The van der Waals surface area contributed by atoms with E-state index in [9.17, 15) is 9.59 Å². The van der Waals surface area contributed by atoms with E-state index >= 15 is 0 Å². The maximum absolute atomic E-state index is 12.8. The number of nitrogens with zero attached hydrogens (tertiary/aromatic N) is 3. The second-order valence-electron chi connectivity index (χ2n) is 17.2. The van der Waals surface area contributed by atoms with Crippen molar-refractivity contribution in [3.63, 3.8) is 0 Å². The average molecular weight is 778 g/mol. The Balaban J connectivity index is 2.28. The molecular formula is C48H95N3O4. The molecule has 0 radical (unpaired) electrons. The number of carbonyl (C=O) groups is 2. The van der Waals surface area contributed by atoms with Gasteiger partial charge in [0, 0.05) is 52.1 Å². The molecule has 0 N–H and O–H groups in total. The van der Waals surface area contributed by atoms with E-state index in [4.69, 9.17) is 9.47 Å². The largest absolute Gasteiger partial charge is 0.466 e. The van der Waals surface area contributed by atoms with Crippen molar-refractivity contribution in [1.29, 1.82) is 0 Å². The highest BCUT2D eigenvalue weighted by Crippen LogP contribution is 2.19. The summed E-state index contributed by atoms with van der Waals surface area (Å²) in [6.07, 6.45) is 37.8. The first kappa shape index (κ1) is 51.8. The van der Waals surface area contributed by atoms with Gasteiger partial charge in [0.2, 0.25) is 0 Å². The lowest BCUT2D eigenvalue weighted by Crippen LogP contribution is -2.47. The average Bonchev–Trinajstić information content (AvgIpc) is 3.18. The van der Waals surface area contributed by atoms with Crippen LogP contribution in [0.1, 0.15) is 226 Å². The van der Waals surface area contributed by atoms with Gasteiger partial charge >= 0.3 is 11.9 Å². The quantitative estimate of drug-likeness (QED) is 0.0452. The molecule has 0 aromatic rings. The molecule has 7 heteroatoms. The van der Waals surface area contributed by atoms with E-state index in [2.05, 4.69) is 42.5 Å². The Hall–Kier alpha value is -1.18. The maximum Gasteiger partial charge on any atom is 0.306 e. The van der Waals surface area contributed by atoms with Gasteiger partial charge in [0.05, 0.1) is 6.61 Å². The summed E-state index contributed by atoms with van der Waals surface area (Å²) in [5.41, 5.74) is 0. The molecule has 0 amide bonds. The Kier molecular flexibility index (Phi) is 37.4. The molecule has 1 aliphatic rings. The summed E-state index contributed by atoms with van der Waals surface area (Å²) in [5, 5.41) is 0. The summed E-state index contributed by atoms with van der Waals surface area (Å²) in [4.78, 5) is 32.7. The van der Waals surface area contributed by atoms with Crippen LogP contribution in [0.3, 0.4) is 0 Å². The van der Waals surface area contributed by atoms with Crippen molar-refractivity contribution in [2.45, 2.75) is 232 Å². The lowest BCUT2D eigenvalue weighted by Gasteiger charge is -2.34. The van der Waals surface area contributed by atoms with Gasteiger partial charge in [0.25, 0.3) is 0 Å². The summed E-state index contributed by atoms with van der Waals surface area (Å²) < 4.78 is 11.5. The predicted molar refractivity (Wildman–Crippen MR) is 236 cm³/mol. The SMILES string of the molecule is CCCCCCCCOC(=O)CCCCCCCN(CCCCCCCC(=O)OC(CCCCCCCC)CCCCCCCC)CCN1CCN(C)CC1. The van der Waals surface area contributed by atoms with Crippen LogP contribution in [0.5, 0.6) is 0 Å². The van der Waals surface area contributed by atoms with Gasteiger partial charge in [-0.1, -0.05) is 156 Å². The minimum Gasteiger partial charge on any atom is -0.466 e. The van der Waals surface area contributed by atoms with E-state index in [-0.39, 0.29) is 18.0 Å². The van der Waals surface area contributed by atoms with E-state index < -0.39 is 0 Å². The topological polar surface area (TPSA) is 62.3 Å². The van der Waals surface area contributed by atoms with E-state index in [1.54, 1.807) is 0 Å². The van der Waals surface area contributed by atoms with Gasteiger partial charge in [0.1, 0.15) is 6.10 Å². The number of likely N-dealkylation sites (N-methyl/N-ethyl adjacent to an activating group) is 1. The third kappa shape index (κ3) is 34.6. The summed E-state index contributed by atoms with van der Waals surface area (Å²) in [7, 11) is 2.23. The van der Waals surface area contributed by atoms with E-state index in [0.29, 0.717) is 19.4 Å². The second-order valence-corrected chi connectivity index (χ2v) is 17.2. The number of hydrogen-bond acceptors (Lipinski definition) is 7. The lowest BCUT2D eigenvalue weighted by molar-refractivity contribution is -0.150. The van der Waals surface area contributed by atoms with Crippen LogP contribution < -0.4 is 0 Å². The van der Waals surface area contributed by atoms with Crippen molar-refractivity contribution in [2.75, 3.05) is 66.0 Å². The minimum absolute atomic E-state index is 0.00480. The molecule has 1 aliphatic heterocycles. The van der Waals surface area contributed by atoms with Crippen LogP contribution >= 0.6 is 0 Å². The number of unbranched alkanes of at least 4 members (excludes halogenated alkanes) is 23. The molecular weight excluding hydrogens is 683 g/mol. The van der Waals surface area contributed by atoms with Crippen LogP contribution in [0.2, 0.25) is 0 Å². The molecule has 0 aromatic carbocycles. The van der Waals surface area contributed by atoms with Gasteiger partial charge in [-0.3, -0.25) is 14.5 Å². The number of carbonyl (C=O) groups excluding carboxylic acids is 2. The van der Waals surface area contributed by atoms with Gasteiger partial charge in [-0.25, -0.2) is 0 Å². The zero-order valence-electron chi connectivity index (χ0n) is 37.5. The first-order valence-corrected chi connectivity index (χ1v) is 24.5. The van der Waals surface area contributed by atoms with Crippen molar-refractivity contribution >= 4 is 11.9 Å². The van der Waals surface area contributed by atoms with Crippen LogP contribution in [0.4, 0.5) is 0 Å². The van der Waals surface area contributed by atoms with Gasteiger partial charge < -0.3 is 19.3 Å². The summed E-state index contributed by atoms with van der Waals surface area (Å²) in [5.74, 6) is 0.0373. The third-order valence-corrected chi connectivity index (χ3v) is 11.9. The second kappa shape index (κ2) is 39.6. The number of ether oxygens (including phenoxy) is 2. The molecule has 1 rings (SSSR count). The van der Waals surface area contributed by atoms with Gasteiger partial charge in [0.15, 0.2) is 0 Å². The highest BCUT2D eigenvalue weighted by molar-refractivity contribution is 5.69. The fourth-order valence-corrected chi connectivity index (χ4v) is 7.91. The van der Waals surface area contributed by atoms with E-state index in [1.165, 1.54) is 200 Å². The van der Waals surface area contributed by atoms with Crippen molar-refractivity contribution in [3.05, 3.63) is 0 Å². The zero-order chi connectivity index (χ0) is 39.9. The van der Waals surface area contributed by atoms with Crippen molar-refractivity contribution in [3.8, 4) is 0 Å². The Morgan fingerprint density at radius 3 is 1.42 bits per heavy atom. The van der Waals surface area contributed by atoms with Crippen molar-refractivity contribution in [1.82, 2.24) is 14.7 Å².